The molecule has 0 aromatic rings. The zero-order valence-corrected chi connectivity index (χ0v) is 14.2. The van der Waals surface area contributed by atoms with E-state index in [4.69, 9.17) is 0 Å². The molecule has 1 atom stereocenters. The predicted molar refractivity (Wildman–Crippen MR) is 85.1 cm³/mol. The zero-order valence-electron chi connectivity index (χ0n) is 14.2. The van der Waals surface area contributed by atoms with Gasteiger partial charge in [0.1, 0.15) is 5.54 Å². The second-order valence-electron chi connectivity index (χ2n) is 6.68. The number of hydrogen-bond acceptors (Lipinski definition) is 3. The van der Waals surface area contributed by atoms with Crippen LogP contribution >= 0.6 is 0 Å². The Kier molecular flexibility index (Phi) is 9.06. The second-order valence-corrected chi connectivity index (χ2v) is 6.68. The first-order chi connectivity index (χ1) is 9.21. The van der Waals surface area contributed by atoms with Crippen molar-refractivity contribution in [1.82, 2.24) is 10.2 Å². The Hall–Kier alpha value is -0.610. The fourth-order valence-electron chi connectivity index (χ4n) is 2.59. The van der Waals surface area contributed by atoms with Crippen LogP contribution in [0.2, 0.25) is 0 Å². The van der Waals surface area contributed by atoms with Crippen molar-refractivity contribution in [3.63, 3.8) is 0 Å². The number of hydrogen-bond donors (Lipinski definition) is 2. The Balaban J connectivity index is 4.15. The molecule has 0 radical (unpaired) electrons. The standard InChI is InChI=1S/C16H34N2O2/c1-7-18(12-13(2)3)11-9-8-10-16(6,15(19)20)17-14(4)5/h13-14,17H,7-12H2,1-6H3,(H,19,20). The molecule has 0 fully saturated rings. The minimum absolute atomic E-state index is 0.184. The molecule has 0 amide bonds. The lowest BCUT2D eigenvalue weighted by molar-refractivity contribution is -0.144. The highest BCUT2D eigenvalue weighted by atomic mass is 16.4. The van der Waals surface area contributed by atoms with Gasteiger partial charge in [0.25, 0.3) is 0 Å². The van der Waals surface area contributed by atoms with Gasteiger partial charge in [-0.1, -0.05) is 20.8 Å². The summed E-state index contributed by atoms with van der Waals surface area (Å²) in [4.78, 5) is 13.9. The van der Waals surface area contributed by atoms with E-state index in [0.29, 0.717) is 12.3 Å². The number of rotatable bonds is 11. The third kappa shape index (κ3) is 7.85. The van der Waals surface area contributed by atoms with E-state index in [1.807, 2.05) is 13.8 Å². The maximum absolute atomic E-state index is 11.4. The van der Waals surface area contributed by atoms with Crippen LogP contribution in [0.1, 0.15) is 60.8 Å². The molecule has 0 heterocycles. The second kappa shape index (κ2) is 9.35. The topological polar surface area (TPSA) is 52.6 Å². The largest absolute Gasteiger partial charge is 0.480 e. The number of nitrogens with zero attached hydrogens (tertiary/aromatic N) is 1. The lowest BCUT2D eigenvalue weighted by atomic mass is 9.94. The zero-order chi connectivity index (χ0) is 15.8. The van der Waals surface area contributed by atoms with Gasteiger partial charge in [-0.2, -0.15) is 0 Å². The smallest absolute Gasteiger partial charge is 0.323 e. The van der Waals surface area contributed by atoms with Gasteiger partial charge in [0, 0.05) is 12.6 Å². The van der Waals surface area contributed by atoms with Gasteiger partial charge in [-0.05, 0) is 59.0 Å². The molecule has 0 aliphatic carbocycles. The van der Waals surface area contributed by atoms with Crippen LogP contribution in [0.3, 0.4) is 0 Å². The van der Waals surface area contributed by atoms with Crippen LogP contribution in [0, 0.1) is 5.92 Å². The van der Waals surface area contributed by atoms with Crippen LogP contribution in [0.4, 0.5) is 0 Å². The van der Waals surface area contributed by atoms with Gasteiger partial charge < -0.3 is 10.0 Å². The summed E-state index contributed by atoms with van der Waals surface area (Å²) in [5, 5.41) is 12.6. The fraction of sp³-hybridized carbons (Fsp3) is 0.938. The molecule has 0 spiro atoms. The van der Waals surface area contributed by atoms with E-state index in [1.54, 1.807) is 6.92 Å². The number of nitrogens with one attached hydrogen (secondary N) is 1. The highest BCUT2D eigenvalue weighted by Crippen LogP contribution is 2.16. The molecule has 4 nitrogen and oxygen atoms in total. The summed E-state index contributed by atoms with van der Waals surface area (Å²) < 4.78 is 0. The van der Waals surface area contributed by atoms with E-state index >= 15 is 0 Å². The normalized spacial score (nSPS) is 15.1. The predicted octanol–water partition coefficient (Wildman–Crippen LogP) is 2.98. The summed E-state index contributed by atoms with van der Waals surface area (Å²) in [6.07, 6.45) is 2.68. The van der Waals surface area contributed by atoms with Crippen molar-refractivity contribution < 1.29 is 9.90 Å². The van der Waals surface area contributed by atoms with Crippen molar-refractivity contribution in [1.29, 1.82) is 0 Å². The lowest BCUT2D eigenvalue weighted by Crippen LogP contribution is -2.52. The van der Waals surface area contributed by atoms with E-state index in [1.165, 1.54) is 0 Å². The molecule has 0 aromatic heterocycles. The minimum Gasteiger partial charge on any atom is -0.480 e. The van der Waals surface area contributed by atoms with Gasteiger partial charge in [-0.15, -0.1) is 0 Å². The summed E-state index contributed by atoms with van der Waals surface area (Å²) in [5.74, 6) is -0.0671. The third-order valence-electron chi connectivity index (χ3n) is 3.55. The van der Waals surface area contributed by atoms with Crippen LogP contribution in [-0.2, 0) is 4.79 Å². The molecule has 0 saturated carbocycles. The molecule has 20 heavy (non-hydrogen) atoms. The van der Waals surface area contributed by atoms with Gasteiger partial charge in [-0.3, -0.25) is 10.1 Å². The average Bonchev–Trinajstić information content (AvgIpc) is 2.31. The monoisotopic (exact) mass is 286 g/mol. The van der Waals surface area contributed by atoms with Crippen LogP contribution in [0.5, 0.6) is 0 Å². The number of carboxylic acids is 1. The number of unbranched alkanes of at least 4 members (excludes halogenated alkanes) is 1. The third-order valence-corrected chi connectivity index (χ3v) is 3.55. The molecular weight excluding hydrogens is 252 g/mol. The summed E-state index contributed by atoms with van der Waals surface area (Å²) in [6.45, 7) is 15.7. The van der Waals surface area contributed by atoms with Crippen LogP contribution in [-0.4, -0.2) is 47.2 Å². The fourth-order valence-corrected chi connectivity index (χ4v) is 2.59. The molecule has 0 saturated heterocycles. The van der Waals surface area contributed by atoms with E-state index in [-0.39, 0.29) is 6.04 Å². The van der Waals surface area contributed by atoms with Crippen molar-refractivity contribution in [3.05, 3.63) is 0 Å². The van der Waals surface area contributed by atoms with E-state index in [2.05, 4.69) is 31.0 Å². The molecule has 2 N–H and O–H groups in total. The van der Waals surface area contributed by atoms with E-state index < -0.39 is 11.5 Å². The summed E-state index contributed by atoms with van der Waals surface area (Å²) in [5.41, 5.74) is -0.802. The van der Waals surface area contributed by atoms with Crippen LogP contribution in [0.15, 0.2) is 0 Å². The highest BCUT2D eigenvalue weighted by molar-refractivity contribution is 5.78. The van der Waals surface area contributed by atoms with Crippen molar-refractivity contribution in [2.24, 2.45) is 5.92 Å². The van der Waals surface area contributed by atoms with Gasteiger partial charge in [-0.25, -0.2) is 0 Å². The molecule has 0 bridgehead atoms. The minimum atomic E-state index is -0.802. The van der Waals surface area contributed by atoms with Crippen molar-refractivity contribution in [3.8, 4) is 0 Å². The quantitative estimate of drug-likeness (QED) is 0.573. The molecule has 1 unspecified atom stereocenters. The van der Waals surface area contributed by atoms with Crippen LogP contribution < -0.4 is 5.32 Å². The Morgan fingerprint density at radius 3 is 2.25 bits per heavy atom. The molecule has 0 rings (SSSR count). The maximum atomic E-state index is 11.4. The first-order valence-electron chi connectivity index (χ1n) is 7.94. The van der Waals surface area contributed by atoms with Crippen molar-refractivity contribution in [2.45, 2.75) is 72.4 Å². The Labute approximate surface area is 124 Å². The highest BCUT2D eigenvalue weighted by Gasteiger charge is 2.32. The van der Waals surface area contributed by atoms with Crippen molar-refractivity contribution >= 4 is 5.97 Å². The maximum Gasteiger partial charge on any atom is 0.323 e. The van der Waals surface area contributed by atoms with Gasteiger partial charge in [0.2, 0.25) is 0 Å². The molecule has 0 aliphatic heterocycles. The van der Waals surface area contributed by atoms with Gasteiger partial charge in [0.15, 0.2) is 0 Å². The molecule has 120 valence electrons. The first kappa shape index (κ1) is 19.4. The van der Waals surface area contributed by atoms with Gasteiger partial charge in [0.05, 0.1) is 0 Å². The van der Waals surface area contributed by atoms with Crippen LogP contribution in [0.25, 0.3) is 0 Å². The van der Waals surface area contributed by atoms with Gasteiger partial charge >= 0.3 is 5.97 Å². The molecule has 0 aromatic carbocycles. The lowest BCUT2D eigenvalue weighted by Gasteiger charge is -2.29. The number of carbonyl (C=O) groups is 1. The Morgan fingerprint density at radius 2 is 1.85 bits per heavy atom. The number of carboxylic acid groups (broad SMARTS) is 1. The molecule has 4 heteroatoms. The van der Waals surface area contributed by atoms with E-state index in [0.717, 1.165) is 32.5 Å². The first-order valence-corrected chi connectivity index (χ1v) is 7.94. The van der Waals surface area contributed by atoms with Crippen molar-refractivity contribution in [2.75, 3.05) is 19.6 Å². The number of aliphatic carboxylic acids is 1. The summed E-state index contributed by atoms with van der Waals surface area (Å²) in [6, 6.07) is 0.184. The average molecular weight is 286 g/mol. The summed E-state index contributed by atoms with van der Waals surface area (Å²) in [7, 11) is 0. The molecule has 0 aliphatic rings. The Morgan fingerprint density at radius 1 is 1.25 bits per heavy atom. The Bertz CT molecular complexity index is 280. The summed E-state index contributed by atoms with van der Waals surface area (Å²) >= 11 is 0. The van der Waals surface area contributed by atoms with E-state index in [9.17, 15) is 9.90 Å². The molecular formula is C16H34N2O2. The SMILES string of the molecule is CCN(CCCCC(C)(NC(C)C)C(=O)O)CC(C)C.